The number of likely N-dealkylation sites (tertiary alicyclic amines) is 1. The van der Waals surface area contributed by atoms with Gasteiger partial charge in [-0.25, -0.2) is 9.78 Å². The van der Waals surface area contributed by atoms with Gasteiger partial charge in [-0.05, 0) is 18.4 Å². The van der Waals surface area contributed by atoms with Crippen LogP contribution in [0, 0.1) is 0 Å². The van der Waals surface area contributed by atoms with E-state index in [0.717, 1.165) is 29.1 Å². The summed E-state index contributed by atoms with van der Waals surface area (Å²) in [7, 11) is 0. The Labute approximate surface area is 139 Å². The average Bonchev–Trinajstić information content (AvgIpc) is 3.22. The molecule has 1 saturated heterocycles. The predicted molar refractivity (Wildman–Crippen MR) is 88.2 cm³/mol. The molecule has 1 N–H and O–H groups in total. The summed E-state index contributed by atoms with van der Waals surface area (Å²) in [6, 6.07) is 9.68. The number of hydrogen-bond donors (Lipinski definition) is 1. The third-order valence-corrected chi connectivity index (χ3v) is 4.91. The van der Waals surface area contributed by atoms with Crippen molar-refractivity contribution in [3.8, 4) is 0 Å². The molecule has 1 aromatic carbocycles. The van der Waals surface area contributed by atoms with Crippen molar-refractivity contribution in [2.45, 2.75) is 31.9 Å². The van der Waals surface area contributed by atoms with Crippen molar-refractivity contribution in [3.05, 3.63) is 52.0 Å². The second-order valence-electron chi connectivity index (χ2n) is 5.54. The van der Waals surface area contributed by atoms with Crippen molar-refractivity contribution in [1.82, 2.24) is 9.88 Å². The zero-order valence-corrected chi connectivity index (χ0v) is 13.7. The Bertz CT molecular complexity index is 644. The molecule has 0 unspecified atom stereocenters. The lowest BCUT2D eigenvalue weighted by atomic mass is 10.2. The van der Waals surface area contributed by atoms with E-state index < -0.39 is 0 Å². The number of carbonyl (C=O) groups excluding carboxylic acids is 1. The number of benzene rings is 1. The summed E-state index contributed by atoms with van der Waals surface area (Å²) in [6.07, 6.45) is 2.14. The lowest BCUT2D eigenvalue weighted by Crippen LogP contribution is -2.31. The van der Waals surface area contributed by atoms with Gasteiger partial charge in [0.05, 0.1) is 11.7 Å². The Kier molecular flexibility index (Phi) is 5.25. The van der Waals surface area contributed by atoms with Gasteiger partial charge in [-0.1, -0.05) is 30.3 Å². The number of ether oxygens (including phenoxy) is 1. The first kappa shape index (κ1) is 16.0. The maximum atomic E-state index is 12.4. The van der Waals surface area contributed by atoms with Crippen LogP contribution in [-0.2, 0) is 17.8 Å². The Balaban J connectivity index is 1.62. The molecular weight excluding hydrogens is 312 g/mol. The average molecular weight is 332 g/mol. The summed E-state index contributed by atoms with van der Waals surface area (Å²) in [6.45, 7) is 1.08. The molecule has 6 heteroatoms. The van der Waals surface area contributed by atoms with Gasteiger partial charge in [-0.2, -0.15) is 0 Å². The van der Waals surface area contributed by atoms with Gasteiger partial charge in [0.2, 0.25) is 0 Å². The van der Waals surface area contributed by atoms with E-state index >= 15 is 0 Å². The molecule has 0 bridgehead atoms. The summed E-state index contributed by atoms with van der Waals surface area (Å²) in [5.74, 6) is 0. The Morgan fingerprint density at radius 2 is 2.22 bits per heavy atom. The van der Waals surface area contributed by atoms with Crippen molar-refractivity contribution in [2.24, 2.45) is 0 Å². The third-order valence-electron chi connectivity index (χ3n) is 3.91. The molecule has 1 aromatic heterocycles. The second-order valence-corrected chi connectivity index (χ2v) is 6.43. The van der Waals surface area contributed by atoms with Gasteiger partial charge < -0.3 is 9.84 Å². The van der Waals surface area contributed by atoms with Gasteiger partial charge in [0.15, 0.2) is 0 Å². The van der Waals surface area contributed by atoms with E-state index in [1.807, 2.05) is 35.7 Å². The molecule has 2 aromatic rings. The van der Waals surface area contributed by atoms with Crippen LogP contribution in [0.1, 0.15) is 35.1 Å². The van der Waals surface area contributed by atoms with Crippen LogP contribution >= 0.6 is 11.3 Å². The van der Waals surface area contributed by atoms with Gasteiger partial charge in [0, 0.05) is 25.0 Å². The van der Waals surface area contributed by atoms with Crippen molar-refractivity contribution >= 4 is 17.4 Å². The Morgan fingerprint density at radius 3 is 3.00 bits per heavy atom. The fourth-order valence-electron chi connectivity index (χ4n) is 2.75. The van der Waals surface area contributed by atoms with Crippen LogP contribution in [0.4, 0.5) is 4.79 Å². The highest BCUT2D eigenvalue weighted by Crippen LogP contribution is 2.34. The molecule has 3 rings (SSSR count). The molecule has 1 atom stereocenters. The number of aromatic nitrogens is 1. The minimum absolute atomic E-state index is 0.00397. The maximum absolute atomic E-state index is 12.4. The number of aliphatic hydroxyl groups is 1. The standard InChI is InChI=1S/C17H20N2O3S/c20-10-8-14-12-23-16(18-14)15-7-4-9-19(15)17(21)22-11-13-5-2-1-3-6-13/h1-3,5-6,12,15,20H,4,7-11H2/t15-/m0/s1. The Morgan fingerprint density at radius 1 is 1.39 bits per heavy atom. The molecule has 122 valence electrons. The third kappa shape index (κ3) is 3.89. The van der Waals surface area contributed by atoms with E-state index in [1.165, 1.54) is 0 Å². The highest BCUT2D eigenvalue weighted by atomic mass is 32.1. The predicted octanol–water partition coefficient (Wildman–Crippen LogP) is 3.15. The minimum Gasteiger partial charge on any atom is -0.445 e. The molecule has 5 nitrogen and oxygen atoms in total. The zero-order valence-electron chi connectivity index (χ0n) is 12.9. The van der Waals surface area contributed by atoms with Gasteiger partial charge in [0.1, 0.15) is 11.6 Å². The largest absolute Gasteiger partial charge is 0.445 e. The first-order valence-electron chi connectivity index (χ1n) is 7.80. The lowest BCUT2D eigenvalue weighted by molar-refractivity contribution is 0.0920. The fourth-order valence-corrected chi connectivity index (χ4v) is 3.75. The number of carbonyl (C=O) groups is 1. The first-order chi connectivity index (χ1) is 11.3. The molecule has 1 aliphatic heterocycles. The molecular formula is C17H20N2O3S. The SMILES string of the molecule is O=C(OCc1ccccc1)N1CCC[C@H]1c1nc(CCO)cs1. The highest BCUT2D eigenvalue weighted by molar-refractivity contribution is 7.09. The van der Waals surface area contributed by atoms with Gasteiger partial charge in [0.25, 0.3) is 0 Å². The van der Waals surface area contributed by atoms with E-state index in [-0.39, 0.29) is 25.3 Å². The maximum Gasteiger partial charge on any atom is 0.410 e. The van der Waals surface area contributed by atoms with Gasteiger partial charge >= 0.3 is 6.09 Å². The fraction of sp³-hybridized carbons (Fsp3) is 0.412. The minimum atomic E-state index is -0.282. The molecule has 0 saturated carbocycles. The smallest absolute Gasteiger partial charge is 0.410 e. The number of aliphatic hydroxyl groups excluding tert-OH is 1. The molecule has 1 amide bonds. The van der Waals surface area contributed by atoms with Crippen LogP contribution in [0.3, 0.4) is 0 Å². The van der Waals surface area contributed by atoms with Crippen LogP contribution in [-0.4, -0.2) is 34.2 Å². The molecule has 1 fully saturated rings. The summed E-state index contributed by atoms with van der Waals surface area (Å²) < 4.78 is 5.44. The normalized spacial score (nSPS) is 17.4. The summed E-state index contributed by atoms with van der Waals surface area (Å²) in [5, 5.41) is 11.9. The van der Waals surface area contributed by atoms with Gasteiger partial charge in [-0.3, -0.25) is 4.90 Å². The first-order valence-corrected chi connectivity index (χ1v) is 8.68. The molecule has 0 aliphatic carbocycles. The van der Waals surface area contributed by atoms with Crippen molar-refractivity contribution < 1.29 is 14.6 Å². The van der Waals surface area contributed by atoms with Crippen molar-refractivity contribution in [2.75, 3.05) is 13.2 Å². The number of hydrogen-bond acceptors (Lipinski definition) is 5. The second kappa shape index (κ2) is 7.57. The number of nitrogens with zero attached hydrogens (tertiary/aromatic N) is 2. The van der Waals surface area contributed by atoms with Crippen LogP contribution in [0.25, 0.3) is 0 Å². The molecule has 0 spiro atoms. The van der Waals surface area contributed by atoms with Crippen LogP contribution in [0.15, 0.2) is 35.7 Å². The van der Waals surface area contributed by atoms with Gasteiger partial charge in [-0.15, -0.1) is 11.3 Å². The number of thiazole rings is 1. The van der Waals surface area contributed by atoms with Crippen molar-refractivity contribution in [1.29, 1.82) is 0 Å². The van der Waals surface area contributed by atoms with E-state index in [0.29, 0.717) is 13.0 Å². The van der Waals surface area contributed by atoms with Crippen LogP contribution in [0.2, 0.25) is 0 Å². The molecule has 2 heterocycles. The topological polar surface area (TPSA) is 62.7 Å². The summed E-state index contributed by atoms with van der Waals surface area (Å²) in [5.41, 5.74) is 1.87. The van der Waals surface area contributed by atoms with Crippen LogP contribution in [0.5, 0.6) is 0 Å². The van der Waals surface area contributed by atoms with Crippen molar-refractivity contribution in [3.63, 3.8) is 0 Å². The highest BCUT2D eigenvalue weighted by Gasteiger charge is 2.33. The summed E-state index contributed by atoms with van der Waals surface area (Å²) >= 11 is 1.55. The Hall–Kier alpha value is -1.92. The van der Waals surface area contributed by atoms with E-state index in [2.05, 4.69) is 4.98 Å². The van der Waals surface area contributed by atoms with Crippen LogP contribution < -0.4 is 0 Å². The lowest BCUT2D eigenvalue weighted by Gasteiger charge is -2.22. The zero-order chi connectivity index (χ0) is 16.1. The monoisotopic (exact) mass is 332 g/mol. The molecule has 1 aliphatic rings. The van der Waals surface area contributed by atoms with E-state index in [1.54, 1.807) is 16.2 Å². The molecule has 0 radical (unpaired) electrons. The summed E-state index contributed by atoms with van der Waals surface area (Å²) in [4.78, 5) is 18.7. The number of amides is 1. The van der Waals surface area contributed by atoms with E-state index in [9.17, 15) is 4.79 Å². The number of rotatable bonds is 5. The van der Waals surface area contributed by atoms with E-state index in [4.69, 9.17) is 9.84 Å². The molecule has 23 heavy (non-hydrogen) atoms. The quantitative estimate of drug-likeness (QED) is 0.913.